The monoisotopic (exact) mass is 331 g/mol. The van der Waals surface area contributed by atoms with Crippen molar-refractivity contribution in [2.45, 2.75) is 12.5 Å². The van der Waals surface area contributed by atoms with Crippen molar-refractivity contribution in [3.63, 3.8) is 0 Å². The predicted octanol–water partition coefficient (Wildman–Crippen LogP) is 3.74. The molecule has 3 aromatic rings. The Bertz CT molecular complexity index is 833. The number of aromatic nitrogens is 2. The first-order chi connectivity index (χ1) is 11.3. The van der Waals surface area contributed by atoms with Crippen molar-refractivity contribution < 1.29 is 13.9 Å². The smallest absolute Gasteiger partial charge is 0.146 e. The Morgan fingerprint density at radius 1 is 1.30 bits per heavy atom. The molecular formula is C16H14FN3O2S. The lowest BCUT2D eigenvalue weighted by atomic mass is 10.2. The Balaban J connectivity index is 1.66. The second-order valence-corrected chi connectivity index (χ2v) is 6.13. The zero-order valence-electron chi connectivity index (χ0n) is 12.2. The summed E-state index contributed by atoms with van der Waals surface area (Å²) in [6, 6.07) is 6.39. The van der Waals surface area contributed by atoms with Crippen LogP contribution in [0.5, 0.6) is 5.75 Å². The molecule has 3 heterocycles. The van der Waals surface area contributed by atoms with Crippen LogP contribution in [0.25, 0.3) is 10.2 Å². The highest BCUT2D eigenvalue weighted by Gasteiger charge is 2.19. The van der Waals surface area contributed by atoms with E-state index in [-0.39, 0.29) is 11.9 Å². The summed E-state index contributed by atoms with van der Waals surface area (Å²) < 4.78 is 24.8. The fourth-order valence-electron chi connectivity index (χ4n) is 2.50. The molecule has 1 atom stereocenters. The molecular weight excluding hydrogens is 317 g/mol. The van der Waals surface area contributed by atoms with Crippen molar-refractivity contribution >= 4 is 33.1 Å². The van der Waals surface area contributed by atoms with Gasteiger partial charge in [0.1, 0.15) is 34.6 Å². The van der Waals surface area contributed by atoms with E-state index in [2.05, 4.69) is 15.3 Å². The molecule has 0 saturated carbocycles. The Morgan fingerprint density at radius 3 is 3.13 bits per heavy atom. The van der Waals surface area contributed by atoms with Gasteiger partial charge in [-0.2, -0.15) is 0 Å². The lowest BCUT2D eigenvalue weighted by molar-refractivity contribution is 0.141. The van der Waals surface area contributed by atoms with Crippen LogP contribution in [0.3, 0.4) is 0 Å². The SMILES string of the molecule is Fc1ccc(Nc2ncnc3sccc23)c(O[C@H]2CCOC2)c1. The maximum Gasteiger partial charge on any atom is 0.146 e. The highest BCUT2D eigenvalue weighted by atomic mass is 32.1. The molecule has 2 aromatic heterocycles. The van der Waals surface area contributed by atoms with E-state index in [9.17, 15) is 4.39 Å². The second-order valence-electron chi connectivity index (χ2n) is 5.23. The average molecular weight is 331 g/mol. The van der Waals surface area contributed by atoms with Crippen LogP contribution in [-0.4, -0.2) is 29.3 Å². The van der Waals surface area contributed by atoms with Crippen molar-refractivity contribution in [2.75, 3.05) is 18.5 Å². The summed E-state index contributed by atoms with van der Waals surface area (Å²) in [6.45, 7) is 1.20. The Morgan fingerprint density at radius 2 is 2.26 bits per heavy atom. The summed E-state index contributed by atoms with van der Waals surface area (Å²) >= 11 is 1.55. The van der Waals surface area contributed by atoms with E-state index >= 15 is 0 Å². The van der Waals surface area contributed by atoms with Gasteiger partial charge in [-0.1, -0.05) is 0 Å². The lowest BCUT2D eigenvalue weighted by Gasteiger charge is -2.16. The molecule has 0 spiro atoms. The van der Waals surface area contributed by atoms with E-state index in [1.165, 1.54) is 18.5 Å². The third kappa shape index (κ3) is 2.97. The minimum absolute atomic E-state index is 0.0519. The van der Waals surface area contributed by atoms with E-state index < -0.39 is 0 Å². The topological polar surface area (TPSA) is 56.3 Å². The minimum Gasteiger partial charge on any atom is -0.486 e. The molecule has 1 aliphatic rings. The van der Waals surface area contributed by atoms with Crippen molar-refractivity contribution in [1.29, 1.82) is 0 Å². The summed E-state index contributed by atoms with van der Waals surface area (Å²) in [7, 11) is 0. The van der Waals surface area contributed by atoms with Crippen LogP contribution < -0.4 is 10.1 Å². The van der Waals surface area contributed by atoms with Gasteiger partial charge in [-0.15, -0.1) is 11.3 Å². The van der Waals surface area contributed by atoms with Crippen LogP contribution >= 0.6 is 11.3 Å². The first-order valence-electron chi connectivity index (χ1n) is 7.29. The number of nitrogens with one attached hydrogen (secondary N) is 1. The maximum absolute atomic E-state index is 13.6. The van der Waals surface area contributed by atoms with Crippen LogP contribution in [0.4, 0.5) is 15.9 Å². The molecule has 1 aromatic carbocycles. The lowest BCUT2D eigenvalue weighted by Crippen LogP contribution is -2.16. The van der Waals surface area contributed by atoms with Gasteiger partial charge < -0.3 is 14.8 Å². The van der Waals surface area contributed by atoms with Crippen molar-refractivity contribution in [2.24, 2.45) is 0 Å². The second kappa shape index (κ2) is 6.10. The summed E-state index contributed by atoms with van der Waals surface area (Å²) in [5, 5.41) is 6.11. The summed E-state index contributed by atoms with van der Waals surface area (Å²) in [6.07, 6.45) is 2.26. The number of halogens is 1. The van der Waals surface area contributed by atoms with Gasteiger partial charge in [-0.05, 0) is 23.6 Å². The Labute approximate surface area is 136 Å². The molecule has 118 valence electrons. The van der Waals surface area contributed by atoms with Gasteiger partial charge >= 0.3 is 0 Å². The van der Waals surface area contributed by atoms with Gasteiger partial charge in [-0.3, -0.25) is 0 Å². The molecule has 1 aliphatic heterocycles. The van der Waals surface area contributed by atoms with E-state index in [4.69, 9.17) is 9.47 Å². The third-order valence-electron chi connectivity index (χ3n) is 3.64. The van der Waals surface area contributed by atoms with Gasteiger partial charge in [-0.25, -0.2) is 14.4 Å². The molecule has 4 rings (SSSR count). The van der Waals surface area contributed by atoms with Crippen molar-refractivity contribution in [3.05, 3.63) is 41.8 Å². The minimum atomic E-state index is -0.340. The van der Waals surface area contributed by atoms with E-state index in [1.54, 1.807) is 17.4 Å². The van der Waals surface area contributed by atoms with Crippen LogP contribution in [-0.2, 0) is 4.74 Å². The number of rotatable bonds is 4. The highest BCUT2D eigenvalue weighted by Crippen LogP contribution is 2.33. The third-order valence-corrected chi connectivity index (χ3v) is 4.46. The summed E-state index contributed by atoms with van der Waals surface area (Å²) in [5.74, 6) is 0.797. The molecule has 0 amide bonds. The van der Waals surface area contributed by atoms with Gasteiger partial charge in [0.05, 0.1) is 24.3 Å². The quantitative estimate of drug-likeness (QED) is 0.789. The van der Waals surface area contributed by atoms with Gasteiger partial charge in [0.2, 0.25) is 0 Å². The number of ether oxygens (including phenoxy) is 2. The van der Waals surface area contributed by atoms with Gasteiger partial charge in [0.15, 0.2) is 0 Å². The number of benzene rings is 1. The zero-order valence-corrected chi connectivity index (χ0v) is 13.0. The maximum atomic E-state index is 13.6. The normalized spacial score (nSPS) is 17.5. The van der Waals surface area contributed by atoms with E-state index in [0.29, 0.717) is 30.5 Å². The zero-order chi connectivity index (χ0) is 15.6. The number of thiophene rings is 1. The number of hydrogen-bond acceptors (Lipinski definition) is 6. The molecule has 1 saturated heterocycles. The largest absolute Gasteiger partial charge is 0.486 e. The fraction of sp³-hybridized carbons (Fsp3) is 0.250. The molecule has 1 fully saturated rings. The summed E-state index contributed by atoms with van der Waals surface area (Å²) in [4.78, 5) is 9.40. The average Bonchev–Trinajstić information content (AvgIpc) is 3.21. The fourth-order valence-corrected chi connectivity index (χ4v) is 3.23. The molecule has 0 aliphatic carbocycles. The molecule has 1 N–H and O–H groups in total. The molecule has 0 bridgehead atoms. The van der Waals surface area contributed by atoms with E-state index in [1.807, 2.05) is 11.4 Å². The Kier molecular flexibility index (Phi) is 3.80. The number of nitrogens with zero attached hydrogens (tertiary/aromatic N) is 2. The van der Waals surface area contributed by atoms with E-state index in [0.717, 1.165) is 16.6 Å². The van der Waals surface area contributed by atoms with Gasteiger partial charge in [0, 0.05) is 12.5 Å². The first-order valence-corrected chi connectivity index (χ1v) is 8.17. The van der Waals surface area contributed by atoms with Crippen LogP contribution in [0, 0.1) is 5.82 Å². The highest BCUT2D eigenvalue weighted by molar-refractivity contribution is 7.16. The number of hydrogen-bond donors (Lipinski definition) is 1. The molecule has 7 heteroatoms. The molecule has 0 unspecified atom stereocenters. The van der Waals surface area contributed by atoms with Crippen LogP contribution in [0.2, 0.25) is 0 Å². The predicted molar refractivity (Wildman–Crippen MR) is 86.9 cm³/mol. The number of anilines is 2. The molecule has 23 heavy (non-hydrogen) atoms. The molecule has 5 nitrogen and oxygen atoms in total. The number of fused-ring (bicyclic) bond motifs is 1. The van der Waals surface area contributed by atoms with Crippen LogP contribution in [0.15, 0.2) is 36.0 Å². The Hall–Kier alpha value is -2.25. The van der Waals surface area contributed by atoms with Crippen LogP contribution in [0.1, 0.15) is 6.42 Å². The van der Waals surface area contributed by atoms with Crippen molar-refractivity contribution in [1.82, 2.24) is 9.97 Å². The molecule has 0 radical (unpaired) electrons. The first kappa shape index (κ1) is 14.3. The van der Waals surface area contributed by atoms with Gasteiger partial charge in [0.25, 0.3) is 0 Å². The standard InChI is InChI=1S/C16H14FN3O2S/c17-10-1-2-13(14(7-10)22-11-3-5-21-8-11)20-15-12-4-6-23-16(12)19-9-18-15/h1-2,4,6-7,9,11H,3,5,8H2,(H,18,19,20)/t11-/m0/s1. The van der Waals surface area contributed by atoms with Crippen molar-refractivity contribution in [3.8, 4) is 5.75 Å². The summed E-state index contributed by atoms with van der Waals surface area (Å²) in [5.41, 5.74) is 0.671.